The second-order valence-corrected chi connectivity index (χ2v) is 7.00. The molecule has 0 aliphatic carbocycles. The third-order valence-corrected chi connectivity index (χ3v) is 4.82. The zero-order valence-electron chi connectivity index (χ0n) is 16.2. The van der Waals surface area contributed by atoms with Gasteiger partial charge in [0.1, 0.15) is 5.52 Å². The van der Waals surface area contributed by atoms with Crippen LogP contribution in [0.25, 0.3) is 22.6 Å². The lowest BCUT2D eigenvalue weighted by molar-refractivity contribution is -0.138. The van der Waals surface area contributed by atoms with E-state index in [-0.39, 0.29) is 11.1 Å². The number of fused-ring (bicyclic) bond motifs is 1. The highest BCUT2D eigenvalue weighted by molar-refractivity contribution is 6.04. The Labute approximate surface area is 170 Å². The number of aromatic nitrogens is 1. The summed E-state index contributed by atoms with van der Waals surface area (Å²) in [7, 11) is 0. The summed E-state index contributed by atoms with van der Waals surface area (Å²) in [6.45, 7) is 3.30. The molecule has 1 N–H and O–H groups in total. The minimum atomic E-state index is -4.51. The molecule has 3 aromatic carbocycles. The summed E-state index contributed by atoms with van der Waals surface area (Å²) in [5.74, 6) is -0.170. The molecule has 152 valence electrons. The Morgan fingerprint density at radius 3 is 2.37 bits per heavy atom. The molecule has 0 saturated carbocycles. The lowest BCUT2D eigenvalue weighted by Crippen LogP contribution is -2.15. The van der Waals surface area contributed by atoms with Gasteiger partial charge in [-0.1, -0.05) is 18.2 Å². The molecular weight excluding hydrogens is 393 g/mol. The molecule has 7 heteroatoms. The number of benzene rings is 3. The molecule has 1 amide bonds. The SMILES string of the molecule is Cc1ccc(C(=O)Nc2ccc(-c3nc4c(C)cccc4o3)cc2)cc1C(F)(F)F. The number of carbonyl (C=O) groups excluding carboxylic acids is 1. The van der Waals surface area contributed by atoms with Crippen LogP contribution >= 0.6 is 0 Å². The summed E-state index contributed by atoms with van der Waals surface area (Å²) >= 11 is 0. The van der Waals surface area contributed by atoms with E-state index >= 15 is 0 Å². The molecular formula is C23H17F3N2O2. The number of alkyl halides is 3. The van der Waals surface area contributed by atoms with Gasteiger partial charge in [0.05, 0.1) is 5.56 Å². The van der Waals surface area contributed by atoms with Gasteiger partial charge in [0.25, 0.3) is 5.91 Å². The number of para-hydroxylation sites is 1. The van der Waals surface area contributed by atoms with Crippen LogP contribution in [0.3, 0.4) is 0 Å². The lowest BCUT2D eigenvalue weighted by atomic mass is 10.0. The van der Waals surface area contributed by atoms with Crippen LogP contribution < -0.4 is 5.32 Å². The number of hydrogen-bond acceptors (Lipinski definition) is 3. The molecule has 4 aromatic rings. The summed E-state index contributed by atoms with van der Waals surface area (Å²) in [6.07, 6.45) is -4.51. The van der Waals surface area contributed by atoms with Crippen molar-refractivity contribution in [1.82, 2.24) is 4.98 Å². The van der Waals surface area contributed by atoms with E-state index in [1.165, 1.54) is 19.1 Å². The Bertz CT molecular complexity index is 1240. The van der Waals surface area contributed by atoms with Crippen molar-refractivity contribution in [2.45, 2.75) is 20.0 Å². The molecule has 0 radical (unpaired) electrons. The van der Waals surface area contributed by atoms with Crippen molar-refractivity contribution < 1.29 is 22.4 Å². The average Bonchev–Trinajstić information content (AvgIpc) is 3.14. The van der Waals surface area contributed by atoms with Gasteiger partial charge in [-0.3, -0.25) is 4.79 Å². The third kappa shape index (κ3) is 3.78. The fourth-order valence-corrected chi connectivity index (χ4v) is 3.18. The molecule has 0 aliphatic rings. The van der Waals surface area contributed by atoms with Crippen molar-refractivity contribution >= 4 is 22.7 Å². The van der Waals surface area contributed by atoms with Crippen molar-refractivity contribution in [3.8, 4) is 11.5 Å². The van der Waals surface area contributed by atoms with Crippen molar-refractivity contribution in [3.63, 3.8) is 0 Å². The number of nitrogens with one attached hydrogen (secondary N) is 1. The lowest BCUT2D eigenvalue weighted by Gasteiger charge is -2.12. The summed E-state index contributed by atoms with van der Waals surface area (Å²) in [5.41, 5.74) is 2.82. The van der Waals surface area contributed by atoms with Crippen LogP contribution in [0.2, 0.25) is 0 Å². The van der Waals surface area contributed by atoms with Crippen molar-refractivity contribution in [1.29, 1.82) is 0 Å². The maximum absolute atomic E-state index is 13.1. The van der Waals surface area contributed by atoms with Gasteiger partial charge >= 0.3 is 6.18 Å². The van der Waals surface area contributed by atoms with Gasteiger partial charge in [-0.25, -0.2) is 4.98 Å². The van der Waals surface area contributed by atoms with Gasteiger partial charge in [0.2, 0.25) is 5.89 Å². The second-order valence-electron chi connectivity index (χ2n) is 7.00. The van der Waals surface area contributed by atoms with E-state index in [0.717, 1.165) is 22.7 Å². The first kappa shape index (κ1) is 19.7. The van der Waals surface area contributed by atoms with E-state index in [1.54, 1.807) is 24.3 Å². The summed E-state index contributed by atoms with van der Waals surface area (Å²) in [6, 6.07) is 15.9. The van der Waals surface area contributed by atoms with Crippen molar-refractivity contribution in [2.24, 2.45) is 0 Å². The second kappa shape index (κ2) is 7.33. The predicted molar refractivity (Wildman–Crippen MR) is 108 cm³/mol. The summed E-state index contributed by atoms with van der Waals surface area (Å²) < 4.78 is 45.0. The standard InChI is InChI=1S/C23H17F3N2O2/c1-13-6-7-16(12-18(13)23(24,25)26)21(29)27-17-10-8-15(9-11-17)22-28-20-14(2)4-3-5-19(20)30-22/h3-12H,1-2H3,(H,27,29). The maximum Gasteiger partial charge on any atom is 0.416 e. The molecule has 0 unspecified atom stereocenters. The van der Waals surface area contributed by atoms with Crippen LogP contribution in [0.1, 0.15) is 27.0 Å². The molecule has 0 saturated heterocycles. The first-order valence-electron chi connectivity index (χ1n) is 9.18. The van der Waals surface area contributed by atoms with Crippen molar-refractivity contribution in [2.75, 3.05) is 5.32 Å². The van der Waals surface area contributed by atoms with E-state index in [2.05, 4.69) is 10.3 Å². The number of nitrogens with zero attached hydrogens (tertiary/aromatic N) is 1. The van der Waals surface area contributed by atoms with Gasteiger partial charge in [-0.05, 0) is 67.4 Å². The molecule has 1 heterocycles. The van der Waals surface area contributed by atoms with Crippen LogP contribution in [-0.2, 0) is 6.18 Å². The van der Waals surface area contributed by atoms with E-state index < -0.39 is 17.6 Å². The molecule has 0 spiro atoms. The first-order valence-corrected chi connectivity index (χ1v) is 9.18. The normalized spacial score (nSPS) is 11.6. The highest BCUT2D eigenvalue weighted by Crippen LogP contribution is 2.32. The zero-order valence-corrected chi connectivity index (χ0v) is 16.2. The Balaban J connectivity index is 1.55. The maximum atomic E-state index is 13.1. The van der Waals surface area contributed by atoms with Crippen LogP contribution in [0.5, 0.6) is 0 Å². The number of halogens is 3. The molecule has 4 rings (SSSR count). The fraction of sp³-hybridized carbons (Fsp3) is 0.130. The average molecular weight is 410 g/mol. The number of aryl methyl sites for hydroxylation is 2. The molecule has 4 nitrogen and oxygen atoms in total. The predicted octanol–water partition coefficient (Wildman–Crippen LogP) is 6.38. The van der Waals surface area contributed by atoms with Gasteiger partial charge in [-0.2, -0.15) is 13.2 Å². The Morgan fingerprint density at radius 2 is 1.70 bits per heavy atom. The van der Waals surface area contributed by atoms with Crippen LogP contribution in [-0.4, -0.2) is 10.9 Å². The number of amides is 1. The third-order valence-electron chi connectivity index (χ3n) is 4.82. The number of hydrogen-bond donors (Lipinski definition) is 1. The molecule has 1 aromatic heterocycles. The van der Waals surface area contributed by atoms with E-state index in [4.69, 9.17) is 4.42 Å². The number of oxazole rings is 1. The number of carbonyl (C=O) groups is 1. The van der Waals surface area contributed by atoms with E-state index in [9.17, 15) is 18.0 Å². The first-order chi connectivity index (χ1) is 14.2. The number of rotatable bonds is 3. The molecule has 0 atom stereocenters. The Morgan fingerprint density at radius 1 is 0.967 bits per heavy atom. The summed E-state index contributed by atoms with van der Waals surface area (Å²) in [4.78, 5) is 16.9. The molecule has 30 heavy (non-hydrogen) atoms. The Hall–Kier alpha value is -3.61. The van der Waals surface area contributed by atoms with Crippen LogP contribution in [0, 0.1) is 13.8 Å². The van der Waals surface area contributed by atoms with Crippen molar-refractivity contribution in [3.05, 3.63) is 82.9 Å². The van der Waals surface area contributed by atoms with Gasteiger partial charge < -0.3 is 9.73 Å². The highest BCUT2D eigenvalue weighted by Gasteiger charge is 2.33. The van der Waals surface area contributed by atoms with Crippen LogP contribution in [0.15, 0.2) is 65.1 Å². The summed E-state index contributed by atoms with van der Waals surface area (Å²) in [5, 5.41) is 2.61. The largest absolute Gasteiger partial charge is 0.436 e. The molecule has 0 fully saturated rings. The van der Waals surface area contributed by atoms with Gasteiger partial charge in [-0.15, -0.1) is 0 Å². The topological polar surface area (TPSA) is 55.1 Å². The molecule has 0 bridgehead atoms. The minimum Gasteiger partial charge on any atom is -0.436 e. The number of anilines is 1. The van der Waals surface area contributed by atoms with Crippen LogP contribution in [0.4, 0.5) is 18.9 Å². The van der Waals surface area contributed by atoms with Gasteiger partial charge in [0.15, 0.2) is 5.58 Å². The molecule has 0 aliphatic heterocycles. The fourth-order valence-electron chi connectivity index (χ4n) is 3.18. The quantitative estimate of drug-likeness (QED) is 0.426. The zero-order chi connectivity index (χ0) is 21.5. The minimum absolute atomic E-state index is 0.0635. The van der Waals surface area contributed by atoms with Gasteiger partial charge in [0, 0.05) is 16.8 Å². The smallest absolute Gasteiger partial charge is 0.416 e. The Kier molecular flexibility index (Phi) is 4.81. The highest BCUT2D eigenvalue weighted by atomic mass is 19.4. The monoisotopic (exact) mass is 410 g/mol. The van der Waals surface area contributed by atoms with E-state index in [1.807, 2.05) is 25.1 Å². The van der Waals surface area contributed by atoms with E-state index in [0.29, 0.717) is 17.2 Å².